The molecule has 1 aliphatic rings. The second-order valence-corrected chi connectivity index (χ2v) is 9.67. The van der Waals surface area contributed by atoms with Crippen LogP contribution < -0.4 is 5.43 Å². The molecule has 0 atom stereocenters. The van der Waals surface area contributed by atoms with Gasteiger partial charge in [0.2, 0.25) is 5.13 Å². The molecule has 6 nitrogen and oxygen atoms in total. The number of benzene rings is 2. The van der Waals surface area contributed by atoms with Crippen molar-refractivity contribution >= 4 is 50.1 Å². The Kier molecular flexibility index (Phi) is 6.11. The van der Waals surface area contributed by atoms with Gasteiger partial charge in [-0.3, -0.25) is 5.43 Å². The number of fused-ring (bicyclic) bond motifs is 2. The summed E-state index contributed by atoms with van der Waals surface area (Å²) in [5.41, 5.74) is 9.08. The van der Waals surface area contributed by atoms with Crippen LogP contribution in [0.4, 0.5) is 5.13 Å². The molecule has 0 aliphatic heterocycles. The van der Waals surface area contributed by atoms with E-state index in [1.807, 2.05) is 42.7 Å². The number of carbonyl (C=O) groups is 1. The van der Waals surface area contributed by atoms with Gasteiger partial charge in [-0.15, -0.1) is 11.8 Å². The number of rotatable bonds is 5. The van der Waals surface area contributed by atoms with E-state index in [0.717, 1.165) is 57.9 Å². The van der Waals surface area contributed by atoms with Crippen LogP contribution >= 0.6 is 23.1 Å². The molecule has 0 saturated carbocycles. The molecule has 0 fully saturated rings. The zero-order valence-corrected chi connectivity index (χ0v) is 19.7. The van der Waals surface area contributed by atoms with Crippen LogP contribution in [-0.2, 0) is 6.42 Å². The quantitative estimate of drug-likeness (QED) is 0.200. The van der Waals surface area contributed by atoms with Gasteiger partial charge in [0.1, 0.15) is 0 Å². The molecule has 2 aromatic heterocycles. The highest BCUT2D eigenvalue weighted by molar-refractivity contribution is 7.98. The summed E-state index contributed by atoms with van der Waals surface area (Å²) in [6.45, 7) is 0. The maximum absolute atomic E-state index is 11.7. The van der Waals surface area contributed by atoms with Crippen LogP contribution in [0.2, 0.25) is 0 Å². The van der Waals surface area contributed by atoms with Gasteiger partial charge in [0, 0.05) is 16.0 Å². The number of nitrogens with zero attached hydrogens (tertiary/aromatic N) is 3. The highest BCUT2D eigenvalue weighted by Gasteiger charge is 2.18. The summed E-state index contributed by atoms with van der Waals surface area (Å²) in [5, 5.41) is 15.1. The van der Waals surface area contributed by atoms with E-state index < -0.39 is 5.97 Å². The van der Waals surface area contributed by atoms with Crippen molar-refractivity contribution in [2.75, 3.05) is 11.7 Å². The third-order valence-electron chi connectivity index (χ3n) is 5.69. The zero-order valence-electron chi connectivity index (χ0n) is 18.0. The fourth-order valence-electron chi connectivity index (χ4n) is 4.04. The van der Waals surface area contributed by atoms with Crippen molar-refractivity contribution < 1.29 is 9.90 Å². The largest absolute Gasteiger partial charge is 0.476 e. The zero-order chi connectivity index (χ0) is 22.8. The molecule has 0 radical (unpaired) electrons. The van der Waals surface area contributed by atoms with Crippen molar-refractivity contribution in [3.63, 3.8) is 0 Å². The number of nitrogens with one attached hydrogen (secondary N) is 1. The Hall–Kier alpha value is -3.23. The summed E-state index contributed by atoms with van der Waals surface area (Å²) >= 11 is 2.97. The number of carboxylic acid groups (broad SMARTS) is 1. The first kappa shape index (κ1) is 21.6. The molecule has 0 spiro atoms. The van der Waals surface area contributed by atoms with Gasteiger partial charge in [-0.05, 0) is 67.8 Å². The van der Waals surface area contributed by atoms with E-state index in [2.05, 4.69) is 33.6 Å². The predicted octanol–water partition coefficient (Wildman–Crippen LogP) is 6.32. The van der Waals surface area contributed by atoms with Crippen molar-refractivity contribution in [3.05, 3.63) is 71.4 Å². The fraction of sp³-hybridized carbons (Fsp3) is 0.200. The second-order valence-electron chi connectivity index (χ2n) is 7.79. The van der Waals surface area contributed by atoms with E-state index in [1.54, 1.807) is 11.3 Å². The van der Waals surface area contributed by atoms with E-state index >= 15 is 0 Å². The number of thioether (sulfide) groups is 1. The first-order valence-corrected chi connectivity index (χ1v) is 12.8. The van der Waals surface area contributed by atoms with Gasteiger partial charge in [-0.1, -0.05) is 35.6 Å². The van der Waals surface area contributed by atoms with Crippen LogP contribution in [0, 0.1) is 0 Å². The second kappa shape index (κ2) is 9.33. The van der Waals surface area contributed by atoms with Gasteiger partial charge >= 0.3 is 5.97 Å². The number of aryl methyl sites for hydroxylation is 1. The summed E-state index contributed by atoms with van der Waals surface area (Å²) in [7, 11) is 0. The number of aromatic carboxylic acids is 1. The van der Waals surface area contributed by atoms with Crippen molar-refractivity contribution in [1.29, 1.82) is 0 Å². The fourth-order valence-corrected chi connectivity index (χ4v) is 5.38. The third kappa shape index (κ3) is 4.49. The molecule has 8 heteroatoms. The van der Waals surface area contributed by atoms with E-state index in [9.17, 15) is 9.90 Å². The van der Waals surface area contributed by atoms with Crippen LogP contribution in [-0.4, -0.2) is 33.0 Å². The third-order valence-corrected chi connectivity index (χ3v) is 7.40. The van der Waals surface area contributed by atoms with E-state index in [0.29, 0.717) is 10.6 Å². The topological polar surface area (TPSA) is 87.5 Å². The minimum Gasteiger partial charge on any atom is -0.476 e. The molecule has 166 valence electrons. The van der Waals surface area contributed by atoms with Crippen molar-refractivity contribution in [3.8, 4) is 11.3 Å². The minimum atomic E-state index is -1.02. The average molecular weight is 475 g/mol. The van der Waals surface area contributed by atoms with Gasteiger partial charge < -0.3 is 5.11 Å². The lowest BCUT2D eigenvalue weighted by molar-refractivity contribution is 0.0686. The predicted molar refractivity (Wildman–Crippen MR) is 136 cm³/mol. The smallest absolute Gasteiger partial charge is 0.355 e. The summed E-state index contributed by atoms with van der Waals surface area (Å²) in [6, 6.07) is 18.0. The first-order chi connectivity index (χ1) is 16.1. The standard InChI is InChI=1S/C25H22N4O2S2/c1-32-22-13-12-18(26-23(22)24(30)31)16-11-10-15-6-2-3-7-19(17(15)14-16)28-29-25-27-20-8-4-5-9-21(20)33-25/h4-5,8-14H,2-3,6-7H2,1H3,(H,27,29)(H,30,31)/b28-19+. The van der Waals surface area contributed by atoms with Gasteiger partial charge in [0.05, 0.1) is 21.6 Å². The maximum Gasteiger partial charge on any atom is 0.355 e. The molecule has 5 rings (SSSR count). The number of anilines is 1. The first-order valence-electron chi connectivity index (χ1n) is 10.7. The molecular formula is C25H22N4O2S2. The van der Waals surface area contributed by atoms with Crippen LogP contribution in [0.3, 0.4) is 0 Å². The van der Waals surface area contributed by atoms with Crippen LogP contribution in [0.1, 0.15) is 40.9 Å². The van der Waals surface area contributed by atoms with Gasteiger partial charge in [-0.2, -0.15) is 5.10 Å². The van der Waals surface area contributed by atoms with Crippen LogP contribution in [0.15, 0.2) is 64.6 Å². The van der Waals surface area contributed by atoms with E-state index in [-0.39, 0.29) is 5.69 Å². The number of carboxylic acids is 1. The summed E-state index contributed by atoms with van der Waals surface area (Å²) in [4.78, 5) is 21.4. The normalized spacial score (nSPS) is 14.8. The molecule has 0 amide bonds. The molecule has 2 aromatic carbocycles. The van der Waals surface area contributed by atoms with E-state index in [1.165, 1.54) is 17.3 Å². The Morgan fingerprint density at radius 3 is 2.76 bits per heavy atom. The molecular weight excluding hydrogens is 452 g/mol. The molecule has 1 aliphatic carbocycles. The molecule has 2 heterocycles. The Labute approximate surface area is 199 Å². The minimum absolute atomic E-state index is 0.0846. The Bertz CT molecular complexity index is 1350. The number of aromatic nitrogens is 2. The number of thiazole rings is 1. The molecule has 0 saturated heterocycles. The van der Waals surface area contributed by atoms with Gasteiger partial charge in [0.15, 0.2) is 5.69 Å². The van der Waals surface area contributed by atoms with E-state index in [4.69, 9.17) is 5.10 Å². The number of hydrogen-bond donors (Lipinski definition) is 2. The lowest BCUT2D eigenvalue weighted by Crippen LogP contribution is -2.07. The summed E-state index contributed by atoms with van der Waals surface area (Å²) in [6.07, 6.45) is 5.89. The number of para-hydroxylation sites is 1. The maximum atomic E-state index is 11.7. The Morgan fingerprint density at radius 2 is 1.94 bits per heavy atom. The Morgan fingerprint density at radius 1 is 1.09 bits per heavy atom. The summed E-state index contributed by atoms with van der Waals surface area (Å²) < 4.78 is 1.12. The number of hydrazone groups is 1. The Balaban J connectivity index is 1.51. The highest BCUT2D eigenvalue weighted by Crippen LogP contribution is 2.30. The summed E-state index contributed by atoms with van der Waals surface area (Å²) in [5.74, 6) is -1.02. The monoisotopic (exact) mass is 474 g/mol. The molecule has 0 bridgehead atoms. The van der Waals surface area contributed by atoms with Gasteiger partial charge in [-0.25, -0.2) is 14.8 Å². The van der Waals surface area contributed by atoms with Crippen LogP contribution in [0.25, 0.3) is 21.5 Å². The molecule has 2 N–H and O–H groups in total. The van der Waals surface area contributed by atoms with Gasteiger partial charge in [0.25, 0.3) is 0 Å². The molecule has 33 heavy (non-hydrogen) atoms. The van der Waals surface area contributed by atoms with Crippen molar-refractivity contribution in [1.82, 2.24) is 9.97 Å². The average Bonchev–Trinajstić information content (AvgIpc) is 3.15. The van der Waals surface area contributed by atoms with Crippen molar-refractivity contribution in [2.45, 2.75) is 30.6 Å². The SMILES string of the molecule is CSc1ccc(-c2ccc3c(c2)/C(=N/Nc2nc4ccccc4s2)CCCC3)nc1C(=O)O. The number of pyridine rings is 1. The number of hydrogen-bond acceptors (Lipinski definition) is 7. The van der Waals surface area contributed by atoms with Crippen molar-refractivity contribution in [2.24, 2.45) is 5.10 Å². The molecule has 4 aromatic rings. The lowest BCUT2D eigenvalue weighted by Gasteiger charge is -2.12. The highest BCUT2D eigenvalue weighted by atomic mass is 32.2. The van der Waals surface area contributed by atoms with Crippen LogP contribution in [0.5, 0.6) is 0 Å². The lowest BCUT2D eigenvalue weighted by atomic mass is 9.97. The molecule has 0 unspecified atom stereocenters.